The number of aromatic nitrogens is 3. The molecule has 0 aromatic rings. The van der Waals surface area contributed by atoms with Crippen molar-refractivity contribution in [2.24, 2.45) is 0 Å². The Hall–Kier alpha value is -2.22. The lowest BCUT2D eigenvalue weighted by molar-refractivity contribution is 0.440. The zero-order chi connectivity index (χ0) is 9.42. The standard InChI is InChI=1S/C8H6N4O/c1-2-12-4-10-7-5(8(12)13)3-6(9)11-7/h1,3-4,13H,9H2. The monoisotopic (exact) mass is 174 g/mol. The molecular formula is C8H6N4O. The number of nitrogens with two attached hydrogens (primary N) is 1. The molecule has 0 saturated heterocycles. The molecule has 0 bridgehead atoms. The lowest BCUT2D eigenvalue weighted by atomic mass is 10.3. The molecule has 0 amide bonds. The van der Waals surface area contributed by atoms with E-state index in [1.165, 1.54) is 12.4 Å². The molecule has 5 heteroatoms. The first kappa shape index (κ1) is 7.43. The highest BCUT2D eigenvalue weighted by Gasteiger charge is 2.14. The van der Waals surface area contributed by atoms with E-state index in [-0.39, 0.29) is 5.88 Å². The lowest BCUT2D eigenvalue weighted by Crippen LogP contribution is -1.96. The van der Waals surface area contributed by atoms with Gasteiger partial charge in [0, 0.05) is 6.04 Å². The summed E-state index contributed by atoms with van der Waals surface area (Å²) >= 11 is 0. The van der Waals surface area contributed by atoms with Gasteiger partial charge in [0.1, 0.15) is 12.1 Å². The molecule has 0 unspecified atom stereocenters. The van der Waals surface area contributed by atoms with Gasteiger partial charge < -0.3 is 10.8 Å². The van der Waals surface area contributed by atoms with Gasteiger partial charge in [-0.2, -0.15) is 0 Å². The number of terminal acetylenes is 1. The Bertz CT molecular complexity index is 468. The summed E-state index contributed by atoms with van der Waals surface area (Å²) in [5, 5.41) is 9.55. The van der Waals surface area contributed by atoms with Crippen molar-refractivity contribution in [1.82, 2.24) is 14.5 Å². The van der Waals surface area contributed by atoms with Crippen molar-refractivity contribution >= 4 is 5.82 Å². The number of nitrogens with zero attached hydrogens (tertiary/aromatic N) is 3. The number of anilines is 1. The molecule has 0 radical (unpaired) electrons. The fraction of sp³-hybridized carbons (Fsp3) is 0. The van der Waals surface area contributed by atoms with Crippen molar-refractivity contribution in [1.29, 1.82) is 0 Å². The highest BCUT2D eigenvalue weighted by molar-refractivity contribution is 5.68. The largest absolute Gasteiger partial charge is 0.493 e. The van der Waals surface area contributed by atoms with Gasteiger partial charge in [0.15, 0.2) is 5.82 Å². The van der Waals surface area contributed by atoms with Crippen LogP contribution in [0.4, 0.5) is 5.82 Å². The second-order valence-electron chi connectivity index (χ2n) is 2.49. The summed E-state index contributed by atoms with van der Waals surface area (Å²) in [5.41, 5.74) is 5.88. The van der Waals surface area contributed by atoms with Gasteiger partial charge in [-0.05, 0) is 6.07 Å². The van der Waals surface area contributed by atoms with Gasteiger partial charge >= 0.3 is 0 Å². The molecule has 13 heavy (non-hydrogen) atoms. The Morgan fingerprint density at radius 1 is 1.62 bits per heavy atom. The fourth-order valence-corrected chi connectivity index (χ4v) is 1.08. The number of nitrogen functional groups attached to an aromatic ring is 1. The molecule has 2 rings (SSSR count). The van der Waals surface area contributed by atoms with E-state index < -0.39 is 0 Å². The van der Waals surface area contributed by atoms with Crippen LogP contribution in [0.1, 0.15) is 0 Å². The average molecular weight is 174 g/mol. The Morgan fingerprint density at radius 3 is 3.08 bits per heavy atom. The second-order valence-corrected chi connectivity index (χ2v) is 2.49. The third-order valence-corrected chi connectivity index (χ3v) is 1.67. The summed E-state index contributed by atoms with van der Waals surface area (Å²) in [6, 6.07) is 3.75. The van der Waals surface area contributed by atoms with Gasteiger partial charge in [0.05, 0.1) is 5.56 Å². The van der Waals surface area contributed by atoms with E-state index in [2.05, 4.69) is 16.0 Å². The van der Waals surface area contributed by atoms with Crippen molar-refractivity contribution in [3.8, 4) is 29.7 Å². The van der Waals surface area contributed by atoms with Crippen LogP contribution in [0, 0.1) is 12.5 Å². The number of fused-ring (bicyclic) bond motifs is 1. The fourth-order valence-electron chi connectivity index (χ4n) is 1.08. The molecule has 0 aromatic heterocycles. The quantitative estimate of drug-likeness (QED) is 0.556. The molecule has 0 fully saturated rings. The van der Waals surface area contributed by atoms with E-state index in [1.54, 1.807) is 0 Å². The van der Waals surface area contributed by atoms with Crippen molar-refractivity contribution in [3.05, 3.63) is 12.4 Å². The van der Waals surface area contributed by atoms with Gasteiger partial charge in [0.25, 0.3) is 0 Å². The molecule has 5 nitrogen and oxygen atoms in total. The molecular weight excluding hydrogens is 168 g/mol. The summed E-state index contributed by atoms with van der Waals surface area (Å²) in [6.45, 7) is 0. The minimum absolute atomic E-state index is 0.0725. The first-order valence-corrected chi connectivity index (χ1v) is 3.51. The van der Waals surface area contributed by atoms with Crippen molar-refractivity contribution in [2.45, 2.75) is 0 Å². The third kappa shape index (κ3) is 0.964. The number of rotatable bonds is 0. The molecule has 2 heterocycles. The van der Waals surface area contributed by atoms with Gasteiger partial charge in [-0.15, -0.1) is 0 Å². The van der Waals surface area contributed by atoms with Crippen LogP contribution in [0.25, 0.3) is 11.4 Å². The van der Waals surface area contributed by atoms with E-state index in [9.17, 15) is 5.11 Å². The van der Waals surface area contributed by atoms with E-state index in [4.69, 9.17) is 12.2 Å². The van der Waals surface area contributed by atoms with E-state index in [1.807, 2.05) is 0 Å². The summed E-state index contributed by atoms with van der Waals surface area (Å²) in [7, 11) is 0. The van der Waals surface area contributed by atoms with Crippen LogP contribution in [0.2, 0.25) is 0 Å². The van der Waals surface area contributed by atoms with Gasteiger partial charge in [-0.3, -0.25) is 0 Å². The molecule has 0 aliphatic carbocycles. The zero-order valence-corrected chi connectivity index (χ0v) is 6.60. The van der Waals surface area contributed by atoms with E-state index >= 15 is 0 Å². The summed E-state index contributed by atoms with van der Waals surface area (Å²) in [4.78, 5) is 7.78. The van der Waals surface area contributed by atoms with Crippen molar-refractivity contribution < 1.29 is 5.11 Å². The first-order valence-electron chi connectivity index (χ1n) is 3.51. The number of hydrogen-bond donors (Lipinski definition) is 2. The maximum absolute atomic E-state index is 9.55. The predicted molar refractivity (Wildman–Crippen MR) is 47.0 cm³/mol. The molecule has 0 saturated carbocycles. The molecule has 0 aromatic carbocycles. The Balaban J connectivity index is 2.80. The molecule has 3 N–H and O–H groups in total. The van der Waals surface area contributed by atoms with Gasteiger partial charge in [0.2, 0.25) is 5.88 Å². The van der Waals surface area contributed by atoms with E-state index in [0.29, 0.717) is 17.2 Å². The maximum atomic E-state index is 9.55. The van der Waals surface area contributed by atoms with Crippen LogP contribution < -0.4 is 5.73 Å². The SMILES string of the molecule is C#Cn1cnc2nc(N)cc-2c1O. The second kappa shape index (κ2) is 2.38. The zero-order valence-electron chi connectivity index (χ0n) is 6.60. The first-order chi connectivity index (χ1) is 6.22. The summed E-state index contributed by atoms with van der Waals surface area (Å²) in [5.74, 6) is 0.630. The van der Waals surface area contributed by atoms with Crippen LogP contribution in [0.15, 0.2) is 12.4 Å². The van der Waals surface area contributed by atoms with Crippen molar-refractivity contribution in [3.63, 3.8) is 0 Å². The minimum atomic E-state index is -0.0725. The normalized spacial score (nSPS) is 10.1. The predicted octanol–water partition coefficient (Wildman–Crippen LogP) is 0.109. The average Bonchev–Trinajstić information content (AvgIpc) is 2.47. The smallest absolute Gasteiger partial charge is 0.215 e. The summed E-state index contributed by atoms with van der Waals surface area (Å²) < 4.78 is 1.16. The van der Waals surface area contributed by atoms with Crippen molar-refractivity contribution in [2.75, 3.05) is 5.73 Å². The minimum Gasteiger partial charge on any atom is -0.493 e. The molecule has 64 valence electrons. The van der Waals surface area contributed by atoms with Crippen LogP contribution in [0.3, 0.4) is 0 Å². The van der Waals surface area contributed by atoms with E-state index in [0.717, 1.165) is 4.57 Å². The van der Waals surface area contributed by atoms with Crippen LogP contribution in [-0.2, 0) is 0 Å². The van der Waals surface area contributed by atoms with Gasteiger partial charge in [-0.25, -0.2) is 14.5 Å². The molecule has 2 aliphatic rings. The lowest BCUT2D eigenvalue weighted by Gasteiger charge is -2.03. The highest BCUT2D eigenvalue weighted by Crippen LogP contribution is 2.29. The Labute approximate surface area is 74.2 Å². The van der Waals surface area contributed by atoms with Gasteiger partial charge in [-0.1, -0.05) is 6.42 Å². The van der Waals surface area contributed by atoms with Crippen LogP contribution >= 0.6 is 0 Å². The topological polar surface area (TPSA) is 77.0 Å². The summed E-state index contributed by atoms with van der Waals surface area (Å²) in [6.07, 6.45) is 6.42. The number of aromatic hydroxyl groups is 1. The van der Waals surface area contributed by atoms with Crippen LogP contribution in [-0.4, -0.2) is 19.6 Å². The maximum Gasteiger partial charge on any atom is 0.215 e. The highest BCUT2D eigenvalue weighted by atomic mass is 16.3. The third-order valence-electron chi connectivity index (χ3n) is 1.67. The molecule has 2 aliphatic heterocycles. The Morgan fingerprint density at radius 2 is 2.38 bits per heavy atom. The number of hydrogen-bond acceptors (Lipinski definition) is 4. The molecule has 0 spiro atoms. The molecule has 0 atom stereocenters. The Kier molecular flexibility index (Phi) is 1.36. The van der Waals surface area contributed by atoms with Crippen LogP contribution in [0.5, 0.6) is 5.88 Å².